The van der Waals surface area contributed by atoms with Crippen LogP contribution in [0.1, 0.15) is 307 Å². The molecule has 0 saturated heterocycles. The van der Waals surface area contributed by atoms with E-state index in [2.05, 4.69) is 20.8 Å². The molecule has 8 fully saturated rings. The van der Waals surface area contributed by atoms with E-state index in [4.69, 9.17) is 11.5 Å². The van der Waals surface area contributed by atoms with E-state index in [0.717, 1.165) is 70.6 Å². The molecule has 0 spiro atoms. The number of carbonyl (C=O) groups is 8. The highest BCUT2D eigenvalue weighted by molar-refractivity contribution is 5.93. The molecule has 8 rings (SSSR count). The number of Topliss-reactive ketones (excluding diaryl/α,β-unsaturated/α-hetero) is 8. The molecule has 0 aromatic rings. The van der Waals surface area contributed by atoms with E-state index in [-0.39, 0.29) is 131 Å². The maximum absolute atomic E-state index is 11.7. The molecule has 0 heterocycles. The number of aliphatic hydroxyl groups is 8. The molecule has 0 amide bonds. The predicted octanol–water partition coefficient (Wildman–Crippen LogP) is 11.7. The summed E-state index contributed by atoms with van der Waals surface area (Å²) in [4.78, 5) is 92.2. The van der Waals surface area contributed by atoms with Crippen LogP contribution in [0.4, 0.5) is 0 Å². The summed E-state index contributed by atoms with van der Waals surface area (Å²) in [5, 5.41) is 79.2. The molecular formula is C78H144N2O16. The average Bonchev–Trinajstić information content (AvgIpc) is 1.55. The Morgan fingerprint density at radius 1 is 0.281 bits per heavy atom. The second-order valence-electron chi connectivity index (χ2n) is 33.6. The molecule has 8 saturated carbocycles. The van der Waals surface area contributed by atoms with Gasteiger partial charge in [0.05, 0.1) is 0 Å². The molecule has 12 N–H and O–H groups in total. The van der Waals surface area contributed by atoms with Crippen molar-refractivity contribution in [2.75, 3.05) is 0 Å². The molecular weight excluding hydrogens is 1220 g/mol. The fourth-order valence-corrected chi connectivity index (χ4v) is 14.7. The number of hydrogen-bond acceptors (Lipinski definition) is 18. The average molecular weight is 1370 g/mol. The number of carbonyl (C=O) groups excluding carboxylic acids is 8. The molecule has 0 radical (unpaired) electrons. The third-order valence-corrected chi connectivity index (χ3v) is 21.7. The molecule has 0 aliphatic heterocycles. The second kappa shape index (κ2) is 38.8. The van der Waals surface area contributed by atoms with Gasteiger partial charge in [-0.1, -0.05) is 173 Å². The summed E-state index contributed by atoms with van der Waals surface area (Å²) in [5.41, 5.74) is 2.99. The van der Waals surface area contributed by atoms with Crippen LogP contribution < -0.4 is 11.5 Å². The summed E-state index contributed by atoms with van der Waals surface area (Å²) in [7, 11) is 0. The summed E-state index contributed by atoms with van der Waals surface area (Å²) >= 11 is 0. The van der Waals surface area contributed by atoms with Gasteiger partial charge in [0.25, 0.3) is 0 Å². The molecule has 96 heavy (non-hydrogen) atoms. The van der Waals surface area contributed by atoms with Gasteiger partial charge in [0, 0.05) is 59.4 Å². The topological polar surface area (TPSA) is 350 Å². The van der Waals surface area contributed by atoms with Gasteiger partial charge in [-0.3, -0.25) is 38.4 Å². The van der Waals surface area contributed by atoms with Crippen LogP contribution in [0.5, 0.6) is 0 Å². The molecule has 562 valence electrons. The highest BCUT2D eigenvalue weighted by Crippen LogP contribution is 2.45. The maximum Gasteiger partial charge on any atom is 0.168 e. The van der Waals surface area contributed by atoms with Crippen molar-refractivity contribution < 1.29 is 79.2 Å². The Morgan fingerprint density at radius 2 is 0.583 bits per heavy atom. The molecule has 12 unspecified atom stereocenters. The van der Waals surface area contributed by atoms with Crippen molar-refractivity contribution in [3.8, 4) is 0 Å². The van der Waals surface area contributed by atoms with Gasteiger partial charge in [-0.25, -0.2) is 0 Å². The number of ketones is 8. The summed E-state index contributed by atoms with van der Waals surface area (Å²) in [6.45, 7) is 41.6. The van der Waals surface area contributed by atoms with Crippen molar-refractivity contribution >= 4 is 46.3 Å². The van der Waals surface area contributed by atoms with Crippen LogP contribution in [0.3, 0.4) is 0 Å². The number of hydrogen-bond donors (Lipinski definition) is 10. The minimum atomic E-state index is -1.24. The van der Waals surface area contributed by atoms with Crippen molar-refractivity contribution in [2.24, 2.45) is 94.3 Å². The first-order chi connectivity index (χ1) is 43.2. The molecule has 0 aromatic heterocycles. The molecule has 18 heteroatoms. The van der Waals surface area contributed by atoms with Crippen molar-refractivity contribution in [3.63, 3.8) is 0 Å². The smallest absolute Gasteiger partial charge is 0.168 e. The molecule has 18 nitrogen and oxygen atoms in total. The van der Waals surface area contributed by atoms with E-state index < -0.39 is 44.8 Å². The first kappa shape index (κ1) is 93.0. The van der Waals surface area contributed by atoms with Gasteiger partial charge in [-0.15, -0.1) is 0 Å². The Labute approximate surface area is 581 Å². The van der Waals surface area contributed by atoms with E-state index in [1.165, 1.54) is 0 Å². The monoisotopic (exact) mass is 1370 g/mol. The Hall–Kier alpha value is -3.04. The highest BCUT2D eigenvalue weighted by atomic mass is 16.3. The van der Waals surface area contributed by atoms with E-state index >= 15 is 0 Å². The number of rotatable bonds is 16. The highest BCUT2D eigenvalue weighted by Gasteiger charge is 2.56. The minimum absolute atomic E-state index is 0. The third kappa shape index (κ3) is 25.5. The second-order valence-corrected chi connectivity index (χ2v) is 33.6. The predicted molar refractivity (Wildman–Crippen MR) is 382 cm³/mol. The standard InChI is InChI=1S/2C11H20O2.C10H19NO2.2C10H18O2.C9H16O2.C8H15NO2.C8H14O2.CH4/c1-8(2)10(12)11(13)6-4-9(3)5-7-11;1-8(2)10(12)11(13)6-4-5-9(3)7-11;1-7(2)9(12)10(13)6-4-3-5-8(10)11;1-7(2)9(11)10(12)5-4-8(3)6-10;1-7(2)9(11)10(12)6-4-5-8(10)3;1-6(2)8(10)9(11)5-4-7(9)3;1-5(2)7(10)8(11)3-6(9)4-8;1-5(2)7(9)8(10)4-6(8)3;/h2*8-9,13H,4-7H2,1-3H3;7-8,13H,3-6,11H2,1-2H3;2*7-8,12H,4-6H2,1-3H3;6-7,11H,4-5H2,1-3H3;5-6,11H,3-4,9H2,1-2H3;5-6,10H,4H2,1-3H3;1H4. The Kier molecular flexibility index (Phi) is 37.6. The first-order valence-electron chi connectivity index (χ1n) is 36.9. The lowest BCUT2D eigenvalue weighted by atomic mass is 9.66. The zero-order chi connectivity index (χ0) is 74.1. The Morgan fingerprint density at radius 3 is 0.865 bits per heavy atom. The molecule has 8 aliphatic carbocycles. The van der Waals surface area contributed by atoms with E-state index in [0.29, 0.717) is 94.8 Å². The van der Waals surface area contributed by atoms with Gasteiger partial charge in [0.1, 0.15) is 44.8 Å². The Balaban J connectivity index is 0.00000107. The lowest BCUT2D eigenvalue weighted by Gasteiger charge is -2.43. The van der Waals surface area contributed by atoms with Crippen molar-refractivity contribution in [1.29, 1.82) is 0 Å². The quantitative estimate of drug-likeness (QED) is 0.0686. The fraction of sp³-hybridized carbons (Fsp3) is 0.897. The van der Waals surface area contributed by atoms with Crippen molar-refractivity contribution in [1.82, 2.24) is 0 Å². The van der Waals surface area contributed by atoms with Crippen LogP contribution >= 0.6 is 0 Å². The molecule has 8 aliphatic rings. The third-order valence-electron chi connectivity index (χ3n) is 21.7. The van der Waals surface area contributed by atoms with Gasteiger partial charge in [0.2, 0.25) is 0 Å². The Bertz CT molecular complexity index is 2480. The van der Waals surface area contributed by atoms with E-state index in [1.807, 2.05) is 118 Å². The van der Waals surface area contributed by atoms with Crippen molar-refractivity contribution in [2.45, 2.75) is 364 Å². The SMILES string of the molecule is C.CC(C)C(=O)C1(O)CC(N)C1.CC(C)C(=O)C1(O)CC1C.CC(C)C(=O)C1(O)CCC1C.CC(C)C(=O)C1(O)CCCC1C.CC(C)C(=O)C1(O)CCCCC1N.CC1CCC(O)(C(=O)C(C)C)C1.CC1CCC(O)(C(=O)C(C)C)CC1.CC1CCCC(O)(C(=O)C(C)C)C1. The largest absolute Gasteiger partial charge is 0.382 e. The van der Waals surface area contributed by atoms with Crippen LogP contribution in [0, 0.1) is 82.9 Å². The van der Waals surface area contributed by atoms with Crippen LogP contribution in [0.25, 0.3) is 0 Å². The van der Waals surface area contributed by atoms with E-state index in [1.54, 1.807) is 13.8 Å². The normalized spacial score (nSPS) is 35.7. The minimum Gasteiger partial charge on any atom is -0.382 e. The van der Waals surface area contributed by atoms with Gasteiger partial charge in [-0.05, 0) is 170 Å². The van der Waals surface area contributed by atoms with Gasteiger partial charge in [0.15, 0.2) is 46.3 Å². The summed E-state index contributed by atoms with van der Waals surface area (Å²) in [6, 6.07) is -0.348. The summed E-state index contributed by atoms with van der Waals surface area (Å²) in [5.74, 6) is 1.61. The summed E-state index contributed by atoms with van der Waals surface area (Å²) < 4.78 is 0. The maximum atomic E-state index is 11.7. The van der Waals surface area contributed by atoms with Gasteiger partial charge in [-0.2, -0.15) is 0 Å². The number of nitrogens with two attached hydrogens (primary N) is 2. The molecule has 0 aromatic carbocycles. The molecule has 0 bridgehead atoms. The van der Waals surface area contributed by atoms with Crippen LogP contribution in [-0.2, 0) is 38.4 Å². The zero-order valence-corrected chi connectivity index (χ0v) is 63.5. The van der Waals surface area contributed by atoms with Gasteiger partial charge >= 0.3 is 0 Å². The van der Waals surface area contributed by atoms with Crippen molar-refractivity contribution in [3.05, 3.63) is 0 Å². The fourth-order valence-electron chi connectivity index (χ4n) is 14.7. The van der Waals surface area contributed by atoms with Crippen LogP contribution in [0.15, 0.2) is 0 Å². The molecule has 12 atom stereocenters. The van der Waals surface area contributed by atoms with Gasteiger partial charge < -0.3 is 52.3 Å². The lowest BCUT2D eigenvalue weighted by Crippen LogP contribution is -2.57. The summed E-state index contributed by atoms with van der Waals surface area (Å²) in [6.07, 6.45) is 18.0. The van der Waals surface area contributed by atoms with Crippen LogP contribution in [0.2, 0.25) is 0 Å². The zero-order valence-electron chi connectivity index (χ0n) is 63.5. The first-order valence-corrected chi connectivity index (χ1v) is 36.9. The van der Waals surface area contributed by atoms with Crippen LogP contribution in [-0.4, -0.2) is 144 Å². The van der Waals surface area contributed by atoms with E-state index in [9.17, 15) is 79.2 Å². The lowest BCUT2D eigenvalue weighted by molar-refractivity contribution is -0.159.